The van der Waals surface area contributed by atoms with Crippen LogP contribution in [0, 0.1) is 17.6 Å². The number of amidine groups is 1. The molecular formula is C29H35F4N3O2. The minimum Gasteiger partial charge on any atom is -0.487 e. The van der Waals surface area contributed by atoms with Gasteiger partial charge in [0.15, 0.2) is 17.4 Å². The first-order chi connectivity index (χ1) is 17.7. The van der Waals surface area contributed by atoms with Crippen molar-refractivity contribution in [2.24, 2.45) is 16.8 Å². The van der Waals surface area contributed by atoms with E-state index in [1.807, 2.05) is 13.8 Å². The lowest BCUT2D eigenvalue weighted by Crippen LogP contribution is -2.48. The molecule has 0 saturated heterocycles. The standard InChI is InChI=1S/C29H35F4N3O2/c1-8-18(3)27(34)35-36-14-12-21(17-20(36)5)23-10-11-24(31)26(25(23)32)38-15-13-28(6,33)29(7,37)22(9-2)16-19(4)30/h9-12,14,16-18,37H,2,4-5,8,13,15H2,1,3,6-7H3,(H2,34,35)/b22-16+. The lowest BCUT2D eigenvalue weighted by molar-refractivity contribution is -0.0611. The van der Waals surface area contributed by atoms with Crippen molar-refractivity contribution >= 4 is 11.4 Å². The molecule has 3 unspecified atom stereocenters. The third-order valence-electron chi connectivity index (χ3n) is 6.64. The van der Waals surface area contributed by atoms with E-state index >= 15 is 8.78 Å². The Morgan fingerprint density at radius 1 is 1.32 bits per heavy atom. The molecule has 2 rings (SSSR count). The maximum Gasteiger partial charge on any atom is 0.191 e. The molecule has 3 atom stereocenters. The van der Waals surface area contributed by atoms with Gasteiger partial charge < -0.3 is 15.6 Å². The van der Waals surface area contributed by atoms with Gasteiger partial charge in [-0.05, 0) is 61.8 Å². The molecule has 0 radical (unpaired) electrons. The maximum atomic E-state index is 15.5. The Labute approximate surface area is 221 Å². The summed E-state index contributed by atoms with van der Waals surface area (Å²) >= 11 is 0. The van der Waals surface area contributed by atoms with Crippen LogP contribution in [0.15, 0.2) is 84.6 Å². The first-order valence-corrected chi connectivity index (χ1v) is 12.1. The number of alkyl halides is 1. The highest BCUT2D eigenvalue weighted by atomic mass is 19.1. The van der Waals surface area contributed by atoms with E-state index in [-0.39, 0.29) is 17.1 Å². The van der Waals surface area contributed by atoms with Crippen molar-refractivity contribution in [3.8, 4) is 5.75 Å². The number of allylic oxidation sites excluding steroid dienone is 5. The Bertz CT molecular complexity index is 1210. The van der Waals surface area contributed by atoms with E-state index in [1.165, 1.54) is 11.1 Å². The maximum absolute atomic E-state index is 15.5. The molecule has 0 fully saturated rings. The molecule has 0 aliphatic carbocycles. The largest absolute Gasteiger partial charge is 0.487 e. The average molecular weight is 534 g/mol. The quantitative estimate of drug-likeness (QED) is 0.133. The third kappa shape index (κ3) is 6.83. The van der Waals surface area contributed by atoms with Gasteiger partial charge in [0.25, 0.3) is 0 Å². The van der Waals surface area contributed by atoms with Crippen LogP contribution in [0.3, 0.4) is 0 Å². The summed E-state index contributed by atoms with van der Waals surface area (Å²) in [5.41, 5.74) is 2.13. The van der Waals surface area contributed by atoms with Gasteiger partial charge in [0.1, 0.15) is 22.9 Å². The molecule has 0 amide bonds. The molecule has 3 N–H and O–H groups in total. The van der Waals surface area contributed by atoms with Gasteiger partial charge in [-0.15, -0.1) is 0 Å². The zero-order valence-corrected chi connectivity index (χ0v) is 22.2. The number of nitrogens with two attached hydrogens (primary N) is 1. The molecule has 1 aromatic carbocycles. The number of benzene rings is 1. The predicted molar refractivity (Wildman–Crippen MR) is 144 cm³/mol. The molecule has 38 heavy (non-hydrogen) atoms. The second-order valence-electron chi connectivity index (χ2n) is 9.44. The molecule has 206 valence electrons. The Hall–Kier alpha value is -3.59. The molecule has 9 heteroatoms. The lowest BCUT2D eigenvalue weighted by Gasteiger charge is -2.37. The fourth-order valence-electron chi connectivity index (χ4n) is 3.58. The molecule has 0 saturated carbocycles. The number of nitrogens with zero attached hydrogens (tertiary/aromatic N) is 2. The van der Waals surface area contributed by atoms with E-state index in [1.54, 1.807) is 18.4 Å². The second kappa shape index (κ2) is 12.3. The summed E-state index contributed by atoms with van der Waals surface area (Å²) in [4.78, 5) is 0. The SMILES string of the molecule is C=C/C(=C\C(=C)F)C(C)(O)C(C)(F)CCOc1c(F)ccc(C2=CC(=C)N(/N=C(/N)C(C)CC)C=C2)c1F. The van der Waals surface area contributed by atoms with Crippen LogP contribution < -0.4 is 10.5 Å². The zero-order chi connectivity index (χ0) is 28.8. The van der Waals surface area contributed by atoms with Crippen molar-refractivity contribution in [3.63, 3.8) is 0 Å². The fraction of sp³-hybridized carbons (Fsp3) is 0.345. The summed E-state index contributed by atoms with van der Waals surface area (Å²) < 4.78 is 63.9. The van der Waals surface area contributed by atoms with Crippen molar-refractivity contribution < 1.29 is 27.4 Å². The van der Waals surface area contributed by atoms with Gasteiger partial charge in [-0.2, -0.15) is 5.10 Å². The number of rotatable bonds is 12. The van der Waals surface area contributed by atoms with Gasteiger partial charge in [-0.1, -0.05) is 39.7 Å². The molecule has 1 aliphatic heterocycles. The third-order valence-corrected chi connectivity index (χ3v) is 6.64. The van der Waals surface area contributed by atoms with E-state index in [0.29, 0.717) is 17.1 Å². The van der Waals surface area contributed by atoms with Gasteiger partial charge in [0.2, 0.25) is 0 Å². The van der Waals surface area contributed by atoms with Crippen LogP contribution in [0.2, 0.25) is 0 Å². The topological polar surface area (TPSA) is 71.1 Å². The van der Waals surface area contributed by atoms with Gasteiger partial charge in [0.05, 0.1) is 12.3 Å². The van der Waals surface area contributed by atoms with Crippen molar-refractivity contribution in [2.45, 2.75) is 51.8 Å². The van der Waals surface area contributed by atoms with Crippen LogP contribution in [-0.4, -0.2) is 33.8 Å². The van der Waals surface area contributed by atoms with E-state index in [2.05, 4.69) is 24.8 Å². The van der Waals surface area contributed by atoms with Crippen LogP contribution >= 0.6 is 0 Å². The molecule has 1 heterocycles. The van der Waals surface area contributed by atoms with Crippen molar-refractivity contribution in [2.75, 3.05) is 6.61 Å². The van der Waals surface area contributed by atoms with Gasteiger partial charge in [-0.3, -0.25) is 0 Å². The van der Waals surface area contributed by atoms with Gasteiger partial charge in [0, 0.05) is 24.1 Å². The summed E-state index contributed by atoms with van der Waals surface area (Å²) in [6.45, 7) is 16.1. The molecule has 0 bridgehead atoms. The molecule has 1 aromatic rings. The van der Waals surface area contributed by atoms with Crippen LogP contribution in [0.1, 0.15) is 46.1 Å². The normalized spacial score (nSPS) is 18.4. The smallest absolute Gasteiger partial charge is 0.191 e. The van der Waals surface area contributed by atoms with E-state index < -0.39 is 47.5 Å². The molecule has 5 nitrogen and oxygen atoms in total. The Morgan fingerprint density at radius 2 is 1.97 bits per heavy atom. The number of hydrogen-bond acceptors (Lipinski definition) is 4. The summed E-state index contributed by atoms with van der Waals surface area (Å²) in [6.07, 6.45) is 6.99. The highest BCUT2D eigenvalue weighted by Crippen LogP contribution is 2.38. The molecule has 0 spiro atoms. The number of halogens is 4. The number of hydrogen-bond donors (Lipinski definition) is 2. The first kappa shape index (κ1) is 30.6. The zero-order valence-electron chi connectivity index (χ0n) is 22.2. The van der Waals surface area contributed by atoms with Crippen molar-refractivity contribution in [3.05, 3.63) is 96.7 Å². The minimum absolute atomic E-state index is 0.0330. The van der Waals surface area contributed by atoms with Crippen molar-refractivity contribution in [1.29, 1.82) is 0 Å². The first-order valence-electron chi connectivity index (χ1n) is 12.1. The van der Waals surface area contributed by atoms with Crippen LogP contribution in [0.4, 0.5) is 17.6 Å². The van der Waals surface area contributed by atoms with Gasteiger partial charge in [-0.25, -0.2) is 22.6 Å². The van der Waals surface area contributed by atoms with Crippen LogP contribution in [0.5, 0.6) is 5.75 Å². The molecular weight excluding hydrogens is 498 g/mol. The highest BCUT2D eigenvalue weighted by Gasteiger charge is 2.45. The predicted octanol–water partition coefficient (Wildman–Crippen LogP) is 6.85. The van der Waals surface area contributed by atoms with Crippen molar-refractivity contribution in [1.82, 2.24) is 5.01 Å². The summed E-state index contributed by atoms with van der Waals surface area (Å²) in [7, 11) is 0. The number of ether oxygens (including phenoxy) is 1. The molecule has 1 aliphatic rings. The lowest BCUT2D eigenvalue weighted by atomic mass is 9.79. The fourth-order valence-corrected chi connectivity index (χ4v) is 3.58. The van der Waals surface area contributed by atoms with Crippen LogP contribution in [-0.2, 0) is 0 Å². The molecule has 0 aromatic heterocycles. The van der Waals surface area contributed by atoms with Gasteiger partial charge >= 0.3 is 0 Å². The van der Waals surface area contributed by atoms with E-state index in [4.69, 9.17) is 10.5 Å². The Balaban J connectivity index is 2.24. The highest BCUT2D eigenvalue weighted by molar-refractivity contribution is 5.83. The van der Waals surface area contributed by atoms with E-state index in [9.17, 15) is 13.9 Å². The number of aliphatic hydroxyl groups is 1. The minimum atomic E-state index is -2.37. The number of hydrazone groups is 1. The summed E-state index contributed by atoms with van der Waals surface area (Å²) in [5, 5.41) is 16.5. The monoisotopic (exact) mass is 533 g/mol. The summed E-state index contributed by atoms with van der Waals surface area (Å²) in [6, 6.07) is 2.29. The Morgan fingerprint density at radius 3 is 2.53 bits per heavy atom. The summed E-state index contributed by atoms with van der Waals surface area (Å²) in [5.74, 6) is -3.08. The van der Waals surface area contributed by atoms with Crippen LogP contribution in [0.25, 0.3) is 5.57 Å². The average Bonchev–Trinajstić information content (AvgIpc) is 2.84. The van der Waals surface area contributed by atoms with E-state index in [0.717, 1.165) is 38.5 Å². The second-order valence-corrected chi connectivity index (χ2v) is 9.44. The Kier molecular flexibility index (Phi) is 9.92.